The standard InChI is InChI=1S/C7H18ClN2O2P/c1-9(2)7-13(11,10(3)4)12-6-5-8/h5-7H2,1-4H3. The van der Waals surface area contributed by atoms with Gasteiger partial charge in [0.25, 0.3) is 7.52 Å². The van der Waals surface area contributed by atoms with Crippen molar-refractivity contribution in [2.45, 2.75) is 0 Å². The average Bonchev–Trinajstić information content (AvgIpc) is 1.99. The van der Waals surface area contributed by atoms with E-state index in [1.165, 1.54) is 0 Å². The minimum atomic E-state index is -2.69. The fourth-order valence-electron chi connectivity index (χ4n) is 0.817. The molecule has 0 aromatic carbocycles. The molecule has 0 aliphatic rings. The Morgan fingerprint density at radius 1 is 1.31 bits per heavy atom. The van der Waals surface area contributed by atoms with Crippen LogP contribution in [0.5, 0.6) is 0 Å². The molecule has 0 rings (SSSR count). The summed E-state index contributed by atoms with van der Waals surface area (Å²) in [5.41, 5.74) is 0. The lowest BCUT2D eigenvalue weighted by Gasteiger charge is -2.26. The van der Waals surface area contributed by atoms with E-state index in [0.29, 0.717) is 18.8 Å². The first-order chi connectivity index (χ1) is 5.92. The fraction of sp³-hybridized carbons (Fsp3) is 1.00. The molecule has 0 spiro atoms. The molecule has 13 heavy (non-hydrogen) atoms. The van der Waals surface area contributed by atoms with Crippen LogP contribution in [0.15, 0.2) is 0 Å². The first-order valence-electron chi connectivity index (χ1n) is 4.04. The summed E-state index contributed by atoms with van der Waals surface area (Å²) in [6.45, 7) is 0.324. The predicted octanol–water partition coefficient (Wildman–Crippen LogP) is 1.52. The van der Waals surface area contributed by atoms with Crippen molar-refractivity contribution < 1.29 is 9.09 Å². The van der Waals surface area contributed by atoms with Gasteiger partial charge in [0.15, 0.2) is 0 Å². The summed E-state index contributed by atoms with van der Waals surface area (Å²) >= 11 is 5.47. The monoisotopic (exact) mass is 228 g/mol. The topological polar surface area (TPSA) is 32.8 Å². The second-order valence-corrected chi connectivity index (χ2v) is 6.22. The van der Waals surface area contributed by atoms with Crippen LogP contribution in [-0.4, -0.2) is 56.5 Å². The summed E-state index contributed by atoms with van der Waals surface area (Å²) < 4.78 is 19.0. The zero-order valence-electron chi connectivity index (χ0n) is 8.66. The Kier molecular flexibility index (Phi) is 6.18. The molecule has 4 nitrogen and oxygen atoms in total. The molecule has 6 heteroatoms. The summed E-state index contributed by atoms with van der Waals surface area (Å²) in [4.78, 5) is 1.84. The zero-order chi connectivity index (χ0) is 10.5. The molecule has 0 aromatic rings. The first-order valence-corrected chi connectivity index (χ1v) is 6.34. The molecule has 0 aliphatic heterocycles. The SMILES string of the molecule is CN(C)CP(=O)(OCCCl)N(C)C. The third-order valence-corrected chi connectivity index (χ3v) is 4.32. The van der Waals surface area contributed by atoms with Gasteiger partial charge in [0, 0.05) is 5.88 Å². The summed E-state index contributed by atoms with van der Waals surface area (Å²) in [5, 5.41) is 0. The lowest BCUT2D eigenvalue weighted by Crippen LogP contribution is -2.22. The van der Waals surface area contributed by atoms with Gasteiger partial charge in [-0.15, -0.1) is 11.6 Å². The Morgan fingerprint density at radius 2 is 1.85 bits per heavy atom. The van der Waals surface area contributed by atoms with E-state index in [0.717, 1.165) is 0 Å². The van der Waals surface area contributed by atoms with Crippen LogP contribution in [-0.2, 0) is 9.09 Å². The largest absolute Gasteiger partial charge is 0.315 e. The van der Waals surface area contributed by atoms with E-state index in [4.69, 9.17) is 16.1 Å². The molecule has 0 saturated heterocycles. The molecular formula is C7H18ClN2O2P. The van der Waals surface area contributed by atoms with Crippen LogP contribution in [0.2, 0.25) is 0 Å². The van der Waals surface area contributed by atoms with Crippen molar-refractivity contribution in [3.63, 3.8) is 0 Å². The Bertz CT molecular complexity index is 187. The second-order valence-electron chi connectivity index (χ2n) is 3.23. The van der Waals surface area contributed by atoms with E-state index in [-0.39, 0.29) is 0 Å². The predicted molar refractivity (Wildman–Crippen MR) is 56.5 cm³/mol. The van der Waals surface area contributed by atoms with Crippen LogP contribution in [0.3, 0.4) is 0 Å². The van der Waals surface area contributed by atoms with Crippen molar-refractivity contribution in [1.29, 1.82) is 0 Å². The van der Waals surface area contributed by atoms with Gasteiger partial charge in [-0.3, -0.25) is 9.46 Å². The van der Waals surface area contributed by atoms with Gasteiger partial charge in [-0.05, 0) is 28.2 Å². The number of alkyl halides is 1. The number of halogens is 1. The number of rotatable bonds is 6. The molecule has 0 heterocycles. The van der Waals surface area contributed by atoms with Gasteiger partial charge in [-0.25, -0.2) is 4.67 Å². The van der Waals surface area contributed by atoms with Gasteiger partial charge in [0.05, 0.1) is 12.9 Å². The Hall–Kier alpha value is 0.400. The molecule has 0 radical (unpaired) electrons. The van der Waals surface area contributed by atoms with E-state index >= 15 is 0 Å². The van der Waals surface area contributed by atoms with Gasteiger partial charge < -0.3 is 4.52 Å². The van der Waals surface area contributed by atoms with E-state index < -0.39 is 7.52 Å². The lowest BCUT2D eigenvalue weighted by atomic mass is 10.9. The Balaban J connectivity index is 4.26. The fourth-order valence-corrected chi connectivity index (χ4v) is 2.66. The molecule has 0 saturated carbocycles. The van der Waals surface area contributed by atoms with Gasteiger partial charge in [-0.1, -0.05) is 0 Å². The molecule has 0 aromatic heterocycles. The van der Waals surface area contributed by atoms with Crippen LogP contribution < -0.4 is 0 Å². The first kappa shape index (κ1) is 13.4. The van der Waals surface area contributed by atoms with E-state index in [1.807, 2.05) is 19.0 Å². The van der Waals surface area contributed by atoms with Gasteiger partial charge in [0.2, 0.25) is 0 Å². The molecular weight excluding hydrogens is 211 g/mol. The minimum Gasteiger partial charge on any atom is -0.315 e. The van der Waals surface area contributed by atoms with Crippen LogP contribution in [0.25, 0.3) is 0 Å². The Labute approximate surface area is 85.3 Å². The van der Waals surface area contributed by atoms with Crippen molar-refractivity contribution >= 4 is 19.1 Å². The third kappa shape index (κ3) is 4.99. The summed E-state index contributed by atoms with van der Waals surface area (Å²) in [6.07, 6.45) is 0.414. The van der Waals surface area contributed by atoms with Crippen molar-refractivity contribution in [1.82, 2.24) is 9.57 Å². The average molecular weight is 229 g/mol. The smallest absolute Gasteiger partial charge is 0.285 e. The normalized spacial score (nSPS) is 16.5. The highest BCUT2D eigenvalue weighted by molar-refractivity contribution is 7.56. The minimum absolute atomic E-state index is 0.324. The third-order valence-electron chi connectivity index (χ3n) is 1.44. The van der Waals surface area contributed by atoms with Crippen LogP contribution >= 0.6 is 19.1 Å². The van der Waals surface area contributed by atoms with Crippen molar-refractivity contribution in [2.75, 3.05) is 47.0 Å². The summed E-state index contributed by atoms with van der Waals surface area (Å²) in [6, 6.07) is 0. The molecule has 0 amide bonds. The second kappa shape index (κ2) is 5.99. The number of hydrogen-bond acceptors (Lipinski definition) is 3. The number of nitrogens with zero attached hydrogens (tertiary/aromatic N) is 2. The van der Waals surface area contributed by atoms with Crippen molar-refractivity contribution in [2.24, 2.45) is 0 Å². The molecule has 1 atom stereocenters. The number of hydrogen-bond donors (Lipinski definition) is 0. The molecule has 0 fully saturated rings. The maximum absolute atomic E-state index is 12.1. The van der Waals surface area contributed by atoms with Crippen LogP contribution in [0, 0.1) is 0 Å². The summed E-state index contributed by atoms with van der Waals surface area (Å²) in [5.74, 6) is 0.366. The maximum Gasteiger partial charge on any atom is 0.285 e. The summed E-state index contributed by atoms with van der Waals surface area (Å²) in [7, 11) is 4.53. The molecule has 1 unspecified atom stereocenters. The van der Waals surface area contributed by atoms with E-state index in [9.17, 15) is 4.57 Å². The highest BCUT2D eigenvalue weighted by atomic mass is 35.5. The van der Waals surface area contributed by atoms with Gasteiger partial charge in [-0.2, -0.15) is 0 Å². The van der Waals surface area contributed by atoms with Crippen molar-refractivity contribution in [3.05, 3.63) is 0 Å². The van der Waals surface area contributed by atoms with Gasteiger partial charge in [0.1, 0.15) is 0 Å². The molecule has 0 N–H and O–H groups in total. The quantitative estimate of drug-likeness (QED) is 0.510. The Morgan fingerprint density at radius 3 is 2.15 bits per heavy atom. The van der Waals surface area contributed by atoms with Gasteiger partial charge >= 0.3 is 0 Å². The zero-order valence-corrected chi connectivity index (χ0v) is 10.3. The van der Waals surface area contributed by atoms with E-state index in [1.54, 1.807) is 18.8 Å². The maximum atomic E-state index is 12.1. The van der Waals surface area contributed by atoms with E-state index in [2.05, 4.69) is 0 Å². The lowest BCUT2D eigenvalue weighted by molar-refractivity contribution is 0.282. The van der Waals surface area contributed by atoms with Crippen molar-refractivity contribution in [3.8, 4) is 0 Å². The van der Waals surface area contributed by atoms with Crippen LogP contribution in [0.1, 0.15) is 0 Å². The highest BCUT2D eigenvalue weighted by Gasteiger charge is 2.26. The molecule has 80 valence electrons. The molecule has 0 bridgehead atoms. The highest BCUT2D eigenvalue weighted by Crippen LogP contribution is 2.48. The molecule has 0 aliphatic carbocycles. The van der Waals surface area contributed by atoms with Crippen LogP contribution in [0.4, 0.5) is 0 Å².